The van der Waals surface area contributed by atoms with Crippen molar-refractivity contribution in [2.45, 2.75) is 26.7 Å². The van der Waals surface area contributed by atoms with E-state index < -0.39 is 0 Å². The Morgan fingerprint density at radius 1 is 1.58 bits per heavy atom. The maximum atomic E-state index is 4.28. The average Bonchev–Trinajstić information content (AvgIpc) is 2.05. The third kappa shape index (κ3) is 1.97. The zero-order valence-electron chi connectivity index (χ0n) is 7.96. The van der Waals surface area contributed by atoms with Crippen molar-refractivity contribution in [3.8, 4) is 0 Å². The molecule has 0 unspecified atom stereocenters. The van der Waals surface area contributed by atoms with E-state index in [2.05, 4.69) is 37.1 Å². The summed E-state index contributed by atoms with van der Waals surface area (Å²) in [5.74, 6) is 1.56. The van der Waals surface area contributed by atoms with Crippen molar-refractivity contribution in [2.24, 2.45) is 0 Å². The van der Waals surface area contributed by atoms with Gasteiger partial charge in [0.1, 0.15) is 5.82 Å². The van der Waals surface area contributed by atoms with Crippen LogP contribution in [0.3, 0.4) is 0 Å². The van der Waals surface area contributed by atoms with Gasteiger partial charge in [-0.2, -0.15) is 0 Å². The van der Waals surface area contributed by atoms with Gasteiger partial charge in [-0.1, -0.05) is 19.9 Å². The van der Waals surface area contributed by atoms with Crippen LogP contribution in [0.25, 0.3) is 0 Å². The van der Waals surface area contributed by atoms with E-state index in [9.17, 15) is 0 Å². The minimum absolute atomic E-state index is 0. The molecule has 1 heterocycles. The van der Waals surface area contributed by atoms with E-state index in [-0.39, 0.29) is 1.43 Å². The molecule has 0 fully saturated rings. The highest BCUT2D eigenvalue weighted by atomic mass is 15.0. The Hall–Kier alpha value is -1.05. The standard InChI is InChI=1S/C10H16N2.H2/c1-4-11-10-9(8(2)3)6-5-7-12-10;/h5-8H,4H2,1-3H3,(H,11,12);1H. The molecule has 0 aromatic carbocycles. The van der Waals surface area contributed by atoms with Crippen LogP contribution in [0, 0.1) is 0 Å². The molecule has 0 bridgehead atoms. The summed E-state index contributed by atoms with van der Waals surface area (Å²) in [7, 11) is 0. The largest absolute Gasteiger partial charge is 0.370 e. The molecule has 0 aliphatic heterocycles. The Labute approximate surface area is 75.5 Å². The van der Waals surface area contributed by atoms with E-state index in [0.29, 0.717) is 5.92 Å². The first-order valence-electron chi connectivity index (χ1n) is 4.44. The summed E-state index contributed by atoms with van der Waals surface area (Å²) in [5.41, 5.74) is 1.29. The predicted molar refractivity (Wildman–Crippen MR) is 54.6 cm³/mol. The zero-order chi connectivity index (χ0) is 8.97. The number of hydrogen-bond donors (Lipinski definition) is 1. The van der Waals surface area contributed by atoms with E-state index in [1.807, 2.05) is 12.3 Å². The average molecular weight is 166 g/mol. The first-order chi connectivity index (χ1) is 5.75. The molecule has 1 aromatic rings. The molecule has 0 amide bonds. The second kappa shape index (κ2) is 4.10. The van der Waals surface area contributed by atoms with E-state index in [1.54, 1.807) is 0 Å². The molecule has 1 N–H and O–H groups in total. The lowest BCUT2D eigenvalue weighted by Gasteiger charge is -2.11. The SMILES string of the molecule is CCNc1ncccc1C(C)C.[HH]. The third-order valence-electron chi connectivity index (χ3n) is 1.81. The summed E-state index contributed by atoms with van der Waals surface area (Å²) < 4.78 is 0. The van der Waals surface area contributed by atoms with Gasteiger partial charge in [-0.05, 0) is 24.5 Å². The highest BCUT2D eigenvalue weighted by molar-refractivity contribution is 5.45. The van der Waals surface area contributed by atoms with Gasteiger partial charge in [-0.3, -0.25) is 0 Å². The summed E-state index contributed by atoms with van der Waals surface area (Å²) >= 11 is 0. The molecule has 2 heteroatoms. The Morgan fingerprint density at radius 3 is 2.92 bits per heavy atom. The lowest BCUT2D eigenvalue weighted by atomic mass is 10.0. The first-order valence-corrected chi connectivity index (χ1v) is 4.44. The van der Waals surface area contributed by atoms with Gasteiger partial charge in [0.2, 0.25) is 0 Å². The van der Waals surface area contributed by atoms with Crippen molar-refractivity contribution in [1.82, 2.24) is 4.98 Å². The number of hydrogen-bond acceptors (Lipinski definition) is 2. The monoisotopic (exact) mass is 166 g/mol. The highest BCUT2D eigenvalue weighted by Crippen LogP contribution is 2.20. The molecule has 0 saturated heterocycles. The molecule has 12 heavy (non-hydrogen) atoms. The van der Waals surface area contributed by atoms with Gasteiger partial charge in [-0.15, -0.1) is 0 Å². The van der Waals surface area contributed by atoms with Crippen LogP contribution in [0.15, 0.2) is 18.3 Å². The fourth-order valence-corrected chi connectivity index (χ4v) is 1.20. The highest BCUT2D eigenvalue weighted by Gasteiger charge is 2.04. The number of nitrogens with one attached hydrogen (secondary N) is 1. The van der Waals surface area contributed by atoms with Crippen LogP contribution in [-0.2, 0) is 0 Å². The molecule has 2 nitrogen and oxygen atoms in total. The van der Waals surface area contributed by atoms with Crippen LogP contribution in [0.5, 0.6) is 0 Å². The fraction of sp³-hybridized carbons (Fsp3) is 0.500. The van der Waals surface area contributed by atoms with Crippen LogP contribution in [-0.4, -0.2) is 11.5 Å². The molecular formula is C10H18N2. The normalized spacial score (nSPS) is 10.3. The summed E-state index contributed by atoms with van der Waals surface area (Å²) in [6, 6.07) is 4.10. The van der Waals surface area contributed by atoms with Crippen molar-refractivity contribution in [3.05, 3.63) is 23.9 Å². The van der Waals surface area contributed by atoms with Crippen molar-refractivity contribution in [3.63, 3.8) is 0 Å². The molecule has 0 atom stereocenters. The molecule has 0 radical (unpaired) electrons. The van der Waals surface area contributed by atoms with Crippen molar-refractivity contribution in [1.29, 1.82) is 0 Å². The molecule has 68 valence electrons. The van der Waals surface area contributed by atoms with Gasteiger partial charge in [0, 0.05) is 14.2 Å². The van der Waals surface area contributed by atoms with E-state index in [1.165, 1.54) is 5.56 Å². The Kier molecular flexibility index (Phi) is 3.09. The lowest BCUT2D eigenvalue weighted by Crippen LogP contribution is -2.03. The summed E-state index contributed by atoms with van der Waals surface area (Å²) in [6.07, 6.45) is 1.82. The van der Waals surface area contributed by atoms with Gasteiger partial charge in [0.05, 0.1) is 0 Å². The van der Waals surface area contributed by atoms with Gasteiger partial charge >= 0.3 is 0 Å². The zero-order valence-corrected chi connectivity index (χ0v) is 7.96. The minimum Gasteiger partial charge on any atom is -0.370 e. The first kappa shape index (κ1) is 9.04. The van der Waals surface area contributed by atoms with Crippen LogP contribution in [0.1, 0.15) is 33.7 Å². The molecule has 1 aromatic heterocycles. The number of rotatable bonds is 3. The summed E-state index contributed by atoms with van der Waals surface area (Å²) in [5, 5.41) is 3.25. The fourth-order valence-electron chi connectivity index (χ4n) is 1.20. The van der Waals surface area contributed by atoms with Gasteiger partial charge in [0.25, 0.3) is 0 Å². The molecule has 0 spiro atoms. The summed E-state index contributed by atoms with van der Waals surface area (Å²) in [6.45, 7) is 7.37. The third-order valence-corrected chi connectivity index (χ3v) is 1.81. The molecule has 0 aliphatic carbocycles. The molecule has 1 rings (SSSR count). The van der Waals surface area contributed by atoms with Gasteiger partial charge in [-0.25, -0.2) is 4.98 Å². The maximum Gasteiger partial charge on any atom is 0.129 e. The van der Waals surface area contributed by atoms with E-state index >= 15 is 0 Å². The van der Waals surface area contributed by atoms with E-state index in [4.69, 9.17) is 0 Å². The number of anilines is 1. The Bertz CT molecular complexity index is 248. The second-order valence-corrected chi connectivity index (χ2v) is 3.13. The van der Waals surface area contributed by atoms with Crippen LogP contribution < -0.4 is 5.32 Å². The molecule has 0 saturated carbocycles. The molecular weight excluding hydrogens is 148 g/mol. The van der Waals surface area contributed by atoms with E-state index in [0.717, 1.165) is 12.4 Å². The lowest BCUT2D eigenvalue weighted by molar-refractivity contribution is 0.858. The van der Waals surface area contributed by atoms with Gasteiger partial charge in [0.15, 0.2) is 0 Å². The van der Waals surface area contributed by atoms with Gasteiger partial charge < -0.3 is 5.32 Å². The topological polar surface area (TPSA) is 24.9 Å². The number of nitrogens with zero attached hydrogens (tertiary/aromatic N) is 1. The number of aromatic nitrogens is 1. The maximum absolute atomic E-state index is 4.28. The minimum atomic E-state index is 0. The Morgan fingerprint density at radius 2 is 2.33 bits per heavy atom. The van der Waals surface area contributed by atoms with Crippen LogP contribution >= 0.6 is 0 Å². The van der Waals surface area contributed by atoms with Crippen LogP contribution in [0.2, 0.25) is 0 Å². The number of pyridine rings is 1. The second-order valence-electron chi connectivity index (χ2n) is 3.13. The predicted octanol–water partition coefficient (Wildman–Crippen LogP) is 2.88. The quantitative estimate of drug-likeness (QED) is 0.746. The summed E-state index contributed by atoms with van der Waals surface area (Å²) in [4.78, 5) is 4.28. The van der Waals surface area contributed by atoms with Crippen LogP contribution in [0.4, 0.5) is 5.82 Å². The van der Waals surface area contributed by atoms with Crippen molar-refractivity contribution in [2.75, 3.05) is 11.9 Å². The Balaban J connectivity index is 0.00000144. The van der Waals surface area contributed by atoms with Crippen molar-refractivity contribution >= 4 is 5.82 Å². The van der Waals surface area contributed by atoms with Crippen molar-refractivity contribution < 1.29 is 1.43 Å². The molecule has 0 aliphatic rings. The smallest absolute Gasteiger partial charge is 0.129 e.